The summed E-state index contributed by atoms with van der Waals surface area (Å²) >= 11 is 9.08. The monoisotopic (exact) mass is 332 g/mol. The number of benzene rings is 2. The fraction of sp³-hybridized carbons (Fsp3) is 0.0769. The number of aliphatic hydroxyl groups excluding tert-OH is 1. The molecule has 1 nitrogen and oxygen atoms in total. The highest BCUT2D eigenvalue weighted by molar-refractivity contribution is 9.10. The van der Waals surface area contributed by atoms with Crippen LogP contribution >= 0.6 is 27.5 Å². The van der Waals surface area contributed by atoms with Crippen LogP contribution in [0.1, 0.15) is 17.2 Å². The molecule has 0 aliphatic carbocycles. The average molecular weight is 334 g/mol. The first-order valence-electron chi connectivity index (χ1n) is 5.07. The van der Waals surface area contributed by atoms with E-state index in [9.17, 15) is 13.9 Å². The summed E-state index contributed by atoms with van der Waals surface area (Å²) in [4.78, 5) is 0. The Labute approximate surface area is 116 Å². The van der Waals surface area contributed by atoms with Gasteiger partial charge >= 0.3 is 0 Å². The molecular weight excluding hydrogens is 325 g/mol. The lowest BCUT2D eigenvalue weighted by Crippen LogP contribution is -2.02. The molecule has 0 aliphatic rings. The van der Waals surface area contributed by atoms with Gasteiger partial charge in [-0.2, -0.15) is 0 Å². The Hall–Kier alpha value is -0.970. The molecule has 1 atom stereocenters. The molecule has 0 bridgehead atoms. The molecule has 2 aromatic rings. The molecule has 1 N–H and O–H groups in total. The van der Waals surface area contributed by atoms with Crippen LogP contribution in [0.25, 0.3) is 0 Å². The van der Waals surface area contributed by atoms with E-state index in [0.717, 1.165) is 16.6 Å². The van der Waals surface area contributed by atoms with Crippen LogP contribution in [-0.2, 0) is 0 Å². The van der Waals surface area contributed by atoms with Gasteiger partial charge in [-0.1, -0.05) is 39.7 Å². The maximum absolute atomic E-state index is 13.2. The zero-order chi connectivity index (χ0) is 13.3. The van der Waals surface area contributed by atoms with Gasteiger partial charge in [0.25, 0.3) is 0 Å². The molecular formula is C13H8BrClF2O. The molecule has 0 spiro atoms. The van der Waals surface area contributed by atoms with Crippen molar-refractivity contribution in [1.29, 1.82) is 0 Å². The lowest BCUT2D eigenvalue weighted by atomic mass is 10.0. The van der Waals surface area contributed by atoms with Crippen LogP contribution in [0.2, 0.25) is 5.02 Å². The lowest BCUT2D eigenvalue weighted by Gasteiger charge is -2.14. The van der Waals surface area contributed by atoms with Crippen molar-refractivity contribution >= 4 is 27.5 Å². The second kappa shape index (κ2) is 5.34. The minimum absolute atomic E-state index is 0.0126. The standard InChI is InChI=1S/C13H8BrClF2O/c14-8-3-1-2-7(4-8)13(18)9-5-11(16)12(17)6-10(9)15/h1-6,13,18H. The molecule has 0 radical (unpaired) electrons. The molecule has 0 heterocycles. The quantitative estimate of drug-likeness (QED) is 0.804. The SMILES string of the molecule is OC(c1cccc(Br)c1)c1cc(F)c(F)cc1Cl. The van der Waals surface area contributed by atoms with Crippen molar-refractivity contribution < 1.29 is 13.9 Å². The summed E-state index contributed by atoms with van der Waals surface area (Å²) < 4.78 is 26.9. The Kier molecular flexibility index (Phi) is 4.00. The minimum Gasteiger partial charge on any atom is -0.384 e. The number of halogens is 4. The number of hydrogen-bond donors (Lipinski definition) is 1. The molecule has 0 aromatic heterocycles. The summed E-state index contributed by atoms with van der Waals surface area (Å²) in [5.74, 6) is -2.08. The Morgan fingerprint density at radius 2 is 1.78 bits per heavy atom. The highest BCUT2D eigenvalue weighted by Gasteiger charge is 2.17. The van der Waals surface area contributed by atoms with E-state index < -0.39 is 17.7 Å². The first-order valence-corrected chi connectivity index (χ1v) is 6.24. The van der Waals surface area contributed by atoms with E-state index in [1.54, 1.807) is 24.3 Å². The van der Waals surface area contributed by atoms with E-state index in [-0.39, 0.29) is 10.6 Å². The molecule has 0 fully saturated rings. The third kappa shape index (κ3) is 2.71. The Morgan fingerprint density at radius 3 is 2.44 bits per heavy atom. The molecule has 2 rings (SSSR count). The summed E-state index contributed by atoms with van der Waals surface area (Å²) in [5.41, 5.74) is 0.672. The van der Waals surface area contributed by atoms with Gasteiger partial charge in [-0.05, 0) is 29.8 Å². The lowest BCUT2D eigenvalue weighted by molar-refractivity contribution is 0.219. The zero-order valence-corrected chi connectivity index (χ0v) is 11.3. The molecule has 94 valence electrons. The van der Waals surface area contributed by atoms with Crippen molar-refractivity contribution in [3.63, 3.8) is 0 Å². The van der Waals surface area contributed by atoms with E-state index in [2.05, 4.69) is 15.9 Å². The van der Waals surface area contributed by atoms with Crippen molar-refractivity contribution in [3.05, 3.63) is 68.7 Å². The Balaban J connectivity index is 2.46. The largest absolute Gasteiger partial charge is 0.384 e. The van der Waals surface area contributed by atoms with Crippen molar-refractivity contribution in [2.24, 2.45) is 0 Å². The summed E-state index contributed by atoms with van der Waals surface area (Å²) in [6, 6.07) is 8.64. The normalized spacial score (nSPS) is 12.5. The van der Waals surface area contributed by atoms with Crippen LogP contribution in [0.4, 0.5) is 8.78 Å². The van der Waals surface area contributed by atoms with Gasteiger partial charge in [0.1, 0.15) is 6.10 Å². The third-order valence-electron chi connectivity index (χ3n) is 2.50. The molecule has 18 heavy (non-hydrogen) atoms. The molecule has 5 heteroatoms. The molecule has 2 aromatic carbocycles. The van der Waals surface area contributed by atoms with Gasteiger partial charge in [0.05, 0.1) is 0 Å². The summed E-state index contributed by atoms with van der Waals surface area (Å²) in [6.07, 6.45) is -1.11. The summed E-state index contributed by atoms with van der Waals surface area (Å²) in [7, 11) is 0. The first kappa shape index (κ1) is 13.5. The highest BCUT2D eigenvalue weighted by Crippen LogP contribution is 2.31. The molecule has 0 aliphatic heterocycles. The van der Waals surface area contributed by atoms with E-state index in [4.69, 9.17) is 11.6 Å². The van der Waals surface area contributed by atoms with Crippen LogP contribution in [0.15, 0.2) is 40.9 Å². The van der Waals surface area contributed by atoms with Crippen LogP contribution in [0.3, 0.4) is 0 Å². The summed E-state index contributed by atoms with van der Waals surface area (Å²) in [6.45, 7) is 0. The number of rotatable bonds is 2. The van der Waals surface area contributed by atoms with Gasteiger partial charge in [0.15, 0.2) is 11.6 Å². The molecule has 1 unspecified atom stereocenters. The Morgan fingerprint density at radius 1 is 1.11 bits per heavy atom. The van der Waals surface area contributed by atoms with Gasteiger partial charge in [-0.15, -0.1) is 0 Å². The van der Waals surface area contributed by atoms with Crippen molar-refractivity contribution in [1.82, 2.24) is 0 Å². The Bertz CT molecular complexity index is 589. The molecule has 0 amide bonds. The number of hydrogen-bond acceptors (Lipinski definition) is 1. The second-order valence-electron chi connectivity index (χ2n) is 3.75. The molecule has 0 saturated heterocycles. The fourth-order valence-electron chi connectivity index (χ4n) is 1.60. The highest BCUT2D eigenvalue weighted by atomic mass is 79.9. The maximum atomic E-state index is 13.2. The topological polar surface area (TPSA) is 20.2 Å². The van der Waals surface area contributed by atoms with Crippen LogP contribution in [0.5, 0.6) is 0 Å². The van der Waals surface area contributed by atoms with Gasteiger partial charge in [-0.3, -0.25) is 0 Å². The van der Waals surface area contributed by atoms with Gasteiger partial charge in [-0.25, -0.2) is 8.78 Å². The minimum atomic E-state index is -1.11. The average Bonchev–Trinajstić information content (AvgIpc) is 2.33. The third-order valence-corrected chi connectivity index (χ3v) is 3.32. The van der Waals surface area contributed by atoms with E-state index in [1.165, 1.54) is 0 Å². The van der Waals surface area contributed by atoms with Gasteiger partial charge in [0, 0.05) is 15.1 Å². The predicted molar refractivity (Wildman–Crippen MR) is 69.6 cm³/mol. The van der Waals surface area contributed by atoms with Crippen molar-refractivity contribution in [2.45, 2.75) is 6.10 Å². The van der Waals surface area contributed by atoms with Crippen molar-refractivity contribution in [3.8, 4) is 0 Å². The van der Waals surface area contributed by atoms with E-state index in [1.807, 2.05) is 0 Å². The smallest absolute Gasteiger partial charge is 0.160 e. The fourth-order valence-corrected chi connectivity index (χ4v) is 2.27. The van der Waals surface area contributed by atoms with E-state index >= 15 is 0 Å². The van der Waals surface area contributed by atoms with Crippen molar-refractivity contribution in [2.75, 3.05) is 0 Å². The van der Waals surface area contributed by atoms with Gasteiger partial charge < -0.3 is 5.11 Å². The first-order chi connectivity index (χ1) is 8.49. The molecule has 0 saturated carbocycles. The van der Waals surface area contributed by atoms with Crippen LogP contribution in [0, 0.1) is 11.6 Å². The van der Waals surface area contributed by atoms with Crippen LogP contribution in [-0.4, -0.2) is 5.11 Å². The zero-order valence-electron chi connectivity index (χ0n) is 9.00. The van der Waals surface area contributed by atoms with Gasteiger partial charge in [0.2, 0.25) is 0 Å². The van der Waals surface area contributed by atoms with E-state index in [0.29, 0.717) is 5.56 Å². The second-order valence-corrected chi connectivity index (χ2v) is 5.07. The van der Waals surface area contributed by atoms with Crippen LogP contribution < -0.4 is 0 Å². The number of aliphatic hydroxyl groups is 1. The summed E-state index contributed by atoms with van der Waals surface area (Å²) in [5, 5.41) is 10.1. The maximum Gasteiger partial charge on any atom is 0.160 e. The predicted octanol–water partition coefficient (Wildman–Crippen LogP) is 4.46.